The lowest BCUT2D eigenvalue weighted by molar-refractivity contribution is -0.00297. The van der Waals surface area contributed by atoms with Crippen LogP contribution in [0.3, 0.4) is 0 Å². The van der Waals surface area contributed by atoms with Gasteiger partial charge in [-0.3, -0.25) is 9.91 Å². The first-order chi connectivity index (χ1) is 14.5. The highest BCUT2D eigenvalue weighted by atomic mass is 16.3. The molecule has 30 heavy (non-hydrogen) atoms. The summed E-state index contributed by atoms with van der Waals surface area (Å²) < 4.78 is 1.83. The van der Waals surface area contributed by atoms with Gasteiger partial charge in [0.25, 0.3) is 0 Å². The average Bonchev–Trinajstić information content (AvgIpc) is 3.07. The van der Waals surface area contributed by atoms with Gasteiger partial charge in [0.1, 0.15) is 5.82 Å². The van der Waals surface area contributed by atoms with E-state index in [1.807, 2.05) is 49.2 Å². The second kappa shape index (κ2) is 8.56. The van der Waals surface area contributed by atoms with Crippen LogP contribution in [-0.2, 0) is 6.54 Å². The van der Waals surface area contributed by atoms with E-state index < -0.39 is 0 Å². The van der Waals surface area contributed by atoms with Crippen LogP contribution in [0.1, 0.15) is 11.3 Å². The van der Waals surface area contributed by atoms with Crippen molar-refractivity contribution in [1.82, 2.24) is 35.9 Å². The fourth-order valence-corrected chi connectivity index (χ4v) is 3.31. The molecule has 0 aliphatic carbocycles. The van der Waals surface area contributed by atoms with Crippen molar-refractivity contribution in [2.75, 3.05) is 20.1 Å². The molecule has 0 aromatic carbocycles. The Kier molecular flexibility index (Phi) is 5.68. The molecule has 10 heteroatoms. The number of rotatable bonds is 7. The van der Waals surface area contributed by atoms with E-state index in [9.17, 15) is 5.11 Å². The van der Waals surface area contributed by atoms with Gasteiger partial charge >= 0.3 is 0 Å². The fraction of sp³-hybridized carbons (Fsp3) is 0.350. The maximum absolute atomic E-state index is 9.47. The Hall–Kier alpha value is -3.37. The molecule has 0 radical (unpaired) electrons. The molecule has 10 nitrogen and oxygen atoms in total. The predicted octanol–water partition coefficient (Wildman–Crippen LogP) is 0.103. The third-order valence-corrected chi connectivity index (χ3v) is 5.02. The number of aromatic nitrogens is 2. The Morgan fingerprint density at radius 1 is 1.37 bits per heavy atom. The highest BCUT2D eigenvalue weighted by molar-refractivity contribution is 5.80. The molecule has 4 heterocycles. The van der Waals surface area contributed by atoms with E-state index in [0.717, 1.165) is 48.1 Å². The smallest absolute Gasteiger partial charge is 0.195 e. The van der Waals surface area contributed by atoms with E-state index in [1.165, 1.54) is 0 Å². The number of likely N-dealkylation sites (N-methyl/N-ethyl adjacent to an activating group) is 1. The third kappa shape index (κ3) is 4.61. The van der Waals surface area contributed by atoms with Crippen LogP contribution in [0.25, 0.3) is 5.82 Å². The van der Waals surface area contributed by atoms with E-state index in [0.29, 0.717) is 0 Å². The zero-order chi connectivity index (χ0) is 21.1. The highest BCUT2D eigenvalue weighted by Gasteiger charge is 2.25. The summed E-state index contributed by atoms with van der Waals surface area (Å²) in [5, 5.41) is 26.4. The first-order valence-electron chi connectivity index (χ1n) is 9.80. The van der Waals surface area contributed by atoms with Crippen molar-refractivity contribution in [1.29, 1.82) is 0 Å². The van der Waals surface area contributed by atoms with Gasteiger partial charge in [-0.15, -0.1) is 0 Å². The lowest BCUT2D eigenvalue weighted by Crippen LogP contribution is -2.49. The zero-order valence-corrected chi connectivity index (χ0v) is 17.2. The molecule has 1 saturated heterocycles. The molecular weight excluding hydrogens is 382 g/mol. The molecule has 0 spiro atoms. The Labute approximate surface area is 175 Å². The van der Waals surface area contributed by atoms with Crippen LogP contribution in [-0.4, -0.2) is 69.8 Å². The van der Waals surface area contributed by atoms with Crippen LogP contribution < -0.4 is 16.2 Å². The summed E-state index contributed by atoms with van der Waals surface area (Å²) >= 11 is 0. The van der Waals surface area contributed by atoms with Gasteiger partial charge in [0, 0.05) is 50.4 Å². The number of β-amino-alcohol motifs (C(OH)–C–C–N with tert-alkyl or cyclic N) is 1. The molecular formula is C20H27N9O. The quantitative estimate of drug-likeness (QED) is 0.474. The minimum Gasteiger partial charge on any atom is -0.390 e. The lowest BCUT2D eigenvalue weighted by atomic mass is 10.1. The molecule has 1 aromatic heterocycles. The van der Waals surface area contributed by atoms with Crippen molar-refractivity contribution in [3.8, 4) is 0 Å². The van der Waals surface area contributed by atoms with Crippen molar-refractivity contribution < 1.29 is 5.11 Å². The number of aryl methyl sites for hydroxylation is 1. The van der Waals surface area contributed by atoms with Gasteiger partial charge in [-0.05, 0) is 31.2 Å². The van der Waals surface area contributed by atoms with Crippen molar-refractivity contribution in [2.24, 2.45) is 10.1 Å². The summed E-state index contributed by atoms with van der Waals surface area (Å²) in [5.74, 6) is 0.826. The summed E-state index contributed by atoms with van der Waals surface area (Å²) in [5.41, 5.74) is 6.65. The molecule has 1 aromatic rings. The summed E-state index contributed by atoms with van der Waals surface area (Å²) in [6.45, 7) is 8.27. The maximum atomic E-state index is 9.47. The molecule has 4 N–H and O–H groups in total. The van der Waals surface area contributed by atoms with Crippen LogP contribution in [0.15, 0.2) is 58.6 Å². The summed E-state index contributed by atoms with van der Waals surface area (Å²) in [7, 11) is 1.89. The van der Waals surface area contributed by atoms with Crippen molar-refractivity contribution in [2.45, 2.75) is 25.9 Å². The van der Waals surface area contributed by atoms with Crippen molar-refractivity contribution >= 4 is 18.3 Å². The molecule has 0 bridgehead atoms. The molecule has 4 rings (SSSR count). The molecule has 158 valence electrons. The van der Waals surface area contributed by atoms with Gasteiger partial charge in [0.2, 0.25) is 0 Å². The van der Waals surface area contributed by atoms with E-state index in [2.05, 4.69) is 42.8 Å². The number of allylic oxidation sites excluding steroid dienone is 4. The van der Waals surface area contributed by atoms with E-state index >= 15 is 0 Å². The minimum atomic E-state index is -0.349. The number of hydrazone groups is 1. The van der Waals surface area contributed by atoms with Crippen molar-refractivity contribution in [3.05, 3.63) is 59.7 Å². The number of aliphatic hydroxyl groups excluding tert-OH is 1. The molecule has 3 aliphatic rings. The number of hydrogen-bond donors (Lipinski definition) is 4. The summed E-state index contributed by atoms with van der Waals surface area (Å²) in [6.07, 6.45) is 12.5. The average molecular weight is 409 g/mol. The number of nitrogens with one attached hydrogen (secondary N) is 3. The minimum absolute atomic E-state index is 0.201. The molecule has 0 saturated carbocycles. The Balaban J connectivity index is 1.34. The van der Waals surface area contributed by atoms with E-state index in [4.69, 9.17) is 0 Å². The van der Waals surface area contributed by atoms with E-state index in [1.54, 1.807) is 17.4 Å². The largest absolute Gasteiger partial charge is 0.390 e. The van der Waals surface area contributed by atoms with Gasteiger partial charge in [0.05, 0.1) is 23.7 Å². The van der Waals surface area contributed by atoms with Crippen LogP contribution >= 0.6 is 0 Å². The molecule has 1 atom stereocenters. The predicted molar refractivity (Wildman–Crippen MR) is 117 cm³/mol. The Morgan fingerprint density at radius 2 is 2.20 bits per heavy atom. The molecule has 3 aliphatic heterocycles. The second-order valence-electron chi connectivity index (χ2n) is 7.46. The molecule has 1 unspecified atom stereocenters. The van der Waals surface area contributed by atoms with Gasteiger partial charge in [-0.25, -0.2) is 15.2 Å². The zero-order valence-electron chi connectivity index (χ0n) is 17.2. The van der Waals surface area contributed by atoms with Gasteiger partial charge in [-0.1, -0.05) is 6.58 Å². The van der Waals surface area contributed by atoms with Crippen LogP contribution in [0.2, 0.25) is 0 Å². The number of aliphatic hydroxyl groups is 1. The second-order valence-corrected chi connectivity index (χ2v) is 7.46. The number of hydrogen-bond acceptors (Lipinski definition) is 9. The summed E-state index contributed by atoms with van der Waals surface area (Å²) in [4.78, 5) is 6.61. The third-order valence-electron chi connectivity index (χ3n) is 5.02. The van der Waals surface area contributed by atoms with Gasteiger partial charge in [0.15, 0.2) is 6.29 Å². The van der Waals surface area contributed by atoms with Gasteiger partial charge in [-0.2, -0.15) is 10.2 Å². The van der Waals surface area contributed by atoms with Crippen LogP contribution in [0.5, 0.6) is 0 Å². The van der Waals surface area contributed by atoms with Crippen LogP contribution in [0, 0.1) is 6.92 Å². The lowest BCUT2D eigenvalue weighted by Gasteiger charge is -2.35. The first kappa shape index (κ1) is 19.9. The van der Waals surface area contributed by atoms with Gasteiger partial charge < -0.3 is 15.7 Å². The number of aliphatic imine (C=N–C) groups is 1. The Bertz CT molecular complexity index is 949. The topological polar surface area (TPSA) is 105 Å². The summed E-state index contributed by atoms with van der Waals surface area (Å²) in [6, 6.07) is 0. The molecule has 0 amide bonds. The normalized spacial score (nSPS) is 21.7. The fourth-order valence-electron chi connectivity index (χ4n) is 3.31. The Morgan fingerprint density at radius 3 is 2.97 bits per heavy atom. The van der Waals surface area contributed by atoms with Crippen LogP contribution in [0.4, 0.5) is 0 Å². The maximum Gasteiger partial charge on any atom is 0.195 e. The monoisotopic (exact) mass is 409 g/mol. The number of hydrazine groups is 1. The SMILES string of the molecule is C=C(/C=C\C1=CC=NNN1C)NC1N=CC=C(n2cc(CN3CC(O)C3)c(C)n2)N1. The number of nitrogens with zero attached hydrogens (tertiary/aromatic N) is 6. The van der Waals surface area contributed by atoms with Crippen molar-refractivity contribution in [3.63, 3.8) is 0 Å². The first-order valence-corrected chi connectivity index (χ1v) is 9.80. The highest BCUT2D eigenvalue weighted by Crippen LogP contribution is 2.17. The molecule has 1 fully saturated rings. The standard InChI is InChI=1S/C20H27N9O/c1-14(4-5-17-6-9-22-26-27(17)3)23-20-21-8-7-19(24-20)29-11-16(15(2)25-29)10-28-12-18(30)13-28/h4-9,11,18,20,23-24,26,30H,1,10,12-13H2,2-3H3/b5-4-. The number of likely N-dealkylation sites (tertiary alicyclic amines) is 1. The van der Waals surface area contributed by atoms with E-state index in [-0.39, 0.29) is 12.4 Å².